The summed E-state index contributed by atoms with van der Waals surface area (Å²) in [5.74, 6) is -0.307. The minimum Gasteiger partial charge on any atom is -0.493 e. The largest absolute Gasteiger partial charge is 0.493 e. The van der Waals surface area contributed by atoms with Gasteiger partial charge in [-0.3, -0.25) is 19.9 Å². The number of nitro benzene ring substituents is 1. The highest BCUT2D eigenvalue weighted by molar-refractivity contribution is 5.97. The number of ether oxygens (including phenoxy) is 1. The molecule has 10 nitrogen and oxygen atoms in total. The molecule has 2 N–H and O–H groups in total. The van der Waals surface area contributed by atoms with Crippen LogP contribution in [0.4, 0.5) is 11.4 Å². The third-order valence-electron chi connectivity index (χ3n) is 5.38. The normalized spacial score (nSPS) is 11.3. The van der Waals surface area contributed by atoms with Crippen molar-refractivity contribution < 1.29 is 19.6 Å². The molecule has 0 saturated carbocycles. The maximum atomic E-state index is 12.5. The topological polar surface area (TPSA) is 143 Å². The van der Waals surface area contributed by atoms with Crippen molar-refractivity contribution in [1.82, 2.24) is 9.97 Å². The van der Waals surface area contributed by atoms with Gasteiger partial charge in [0.15, 0.2) is 5.69 Å². The molecule has 35 heavy (non-hydrogen) atoms. The molecule has 10 heteroatoms. The fraction of sp³-hybridized carbons (Fsp3) is 0.0400. The Labute approximate surface area is 197 Å². The number of para-hydroxylation sites is 1. The standard InChI is InChI=1S/C25H17N5O5/c31-24(29-28-23-19-13-18(30(33)34)10-11-20(19)27-25(23)32)17-8-6-15(7-9-17)14-35-21-5-1-3-16-4-2-12-26-22(16)21/h1-13,27,32H,14H2. The van der Waals surface area contributed by atoms with Gasteiger partial charge in [0, 0.05) is 34.7 Å². The molecule has 5 aromatic rings. The van der Waals surface area contributed by atoms with Crippen LogP contribution in [0.2, 0.25) is 0 Å². The van der Waals surface area contributed by atoms with E-state index in [1.807, 2.05) is 30.3 Å². The van der Waals surface area contributed by atoms with Gasteiger partial charge < -0.3 is 14.8 Å². The van der Waals surface area contributed by atoms with Crippen molar-refractivity contribution in [3.05, 3.63) is 100 Å². The summed E-state index contributed by atoms with van der Waals surface area (Å²) in [6.07, 6.45) is 1.71. The first-order valence-electron chi connectivity index (χ1n) is 10.5. The van der Waals surface area contributed by atoms with Crippen LogP contribution in [-0.4, -0.2) is 25.9 Å². The Kier molecular flexibility index (Phi) is 5.60. The number of benzene rings is 3. The van der Waals surface area contributed by atoms with Gasteiger partial charge in [0.05, 0.1) is 10.4 Å². The van der Waals surface area contributed by atoms with E-state index in [1.54, 1.807) is 30.5 Å². The van der Waals surface area contributed by atoms with Crippen molar-refractivity contribution >= 4 is 39.1 Å². The smallest absolute Gasteiger partial charge is 0.295 e. The van der Waals surface area contributed by atoms with Crippen molar-refractivity contribution in [2.75, 3.05) is 0 Å². The summed E-state index contributed by atoms with van der Waals surface area (Å²) in [5.41, 5.74) is 2.11. The maximum absolute atomic E-state index is 12.5. The number of H-pyrrole nitrogens is 1. The number of non-ortho nitro benzene ring substituents is 1. The first-order valence-corrected chi connectivity index (χ1v) is 10.5. The predicted octanol–water partition coefficient (Wildman–Crippen LogP) is 5.83. The number of hydrogen-bond donors (Lipinski definition) is 2. The van der Waals surface area contributed by atoms with Gasteiger partial charge in [-0.2, -0.15) is 0 Å². The quantitative estimate of drug-likeness (QED) is 0.183. The molecule has 0 atom stereocenters. The molecule has 0 bridgehead atoms. The Morgan fingerprint density at radius 2 is 1.89 bits per heavy atom. The summed E-state index contributed by atoms with van der Waals surface area (Å²) in [7, 11) is 0. The highest BCUT2D eigenvalue weighted by Crippen LogP contribution is 2.37. The van der Waals surface area contributed by atoms with E-state index in [2.05, 4.69) is 20.2 Å². The summed E-state index contributed by atoms with van der Waals surface area (Å²) >= 11 is 0. The lowest BCUT2D eigenvalue weighted by Gasteiger charge is -2.09. The SMILES string of the molecule is O=C(N=Nc1c(O)[nH]c2ccc([N+](=O)[O-])cc12)c1ccc(COc2cccc3cccnc23)cc1. The number of rotatable bonds is 6. The number of aromatic hydroxyl groups is 1. The first kappa shape index (κ1) is 21.7. The summed E-state index contributed by atoms with van der Waals surface area (Å²) in [4.78, 5) is 30.0. The monoisotopic (exact) mass is 467 g/mol. The molecule has 3 aromatic carbocycles. The fourth-order valence-corrected chi connectivity index (χ4v) is 3.62. The number of nitrogens with one attached hydrogen (secondary N) is 1. The van der Waals surface area contributed by atoms with Gasteiger partial charge in [0.2, 0.25) is 5.88 Å². The molecule has 0 aliphatic heterocycles. The van der Waals surface area contributed by atoms with E-state index in [4.69, 9.17) is 4.74 Å². The van der Waals surface area contributed by atoms with E-state index >= 15 is 0 Å². The summed E-state index contributed by atoms with van der Waals surface area (Å²) in [6.45, 7) is 0.285. The molecule has 0 aliphatic rings. The first-order chi connectivity index (χ1) is 17.0. The molecular weight excluding hydrogens is 450 g/mol. The predicted molar refractivity (Wildman–Crippen MR) is 128 cm³/mol. The van der Waals surface area contributed by atoms with Crippen LogP contribution >= 0.6 is 0 Å². The van der Waals surface area contributed by atoms with Gasteiger partial charge in [-0.1, -0.05) is 30.3 Å². The van der Waals surface area contributed by atoms with Gasteiger partial charge in [0.25, 0.3) is 11.6 Å². The second kappa shape index (κ2) is 9.02. The van der Waals surface area contributed by atoms with Crippen molar-refractivity contribution in [2.24, 2.45) is 10.2 Å². The molecule has 0 radical (unpaired) electrons. The van der Waals surface area contributed by atoms with Crippen molar-refractivity contribution in [3.8, 4) is 11.6 Å². The number of azo groups is 1. The second-order valence-electron chi connectivity index (χ2n) is 7.63. The number of nitro groups is 1. The molecule has 172 valence electrons. The molecule has 0 spiro atoms. The number of nitrogens with zero attached hydrogens (tertiary/aromatic N) is 4. The minimum absolute atomic E-state index is 0.0502. The number of aromatic amines is 1. The van der Waals surface area contributed by atoms with Gasteiger partial charge in [-0.05, 0) is 35.9 Å². The number of carbonyl (C=O) groups is 1. The highest BCUT2D eigenvalue weighted by Gasteiger charge is 2.15. The Hall–Kier alpha value is -5.12. The van der Waals surface area contributed by atoms with Crippen LogP contribution in [0, 0.1) is 10.1 Å². The average Bonchev–Trinajstić information content (AvgIpc) is 3.20. The van der Waals surface area contributed by atoms with E-state index in [0.717, 1.165) is 16.5 Å². The summed E-state index contributed by atoms with van der Waals surface area (Å²) < 4.78 is 5.91. The lowest BCUT2D eigenvalue weighted by Crippen LogP contribution is -1.98. The number of amides is 1. The van der Waals surface area contributed by atoms with E-state index < -0.39 is 10.8 Å². The Morgan fingerprint density at radius 3 is 2.69 bits per heavy atom. The number of hydrogen-bond acceptors (Lipinski definition) is 7. The summed E-state index contributed by atoms with van der Waals surface area (Å²) in [5, 5.41) is 29.9. The zero-order chi connectivity index (χ0) is 24.4. The molecule has 0 fully saturated rings. The van der Waals surface area contributed by atoms with Crippen LogP contribution in [0.3, 0.4) is 0 Å². The molecule has 2 heterocycles. The zero-order valence-corrected chi connectivity index (χ0v) is 18.1. The van der Waals surface area contributed by atoms with E-state index in [1.165, 1.54) is 18.2 Å². The third-order valence-corrected chi connectivity index (χ3v) is 5.38. The molecule has 0 unspecified atom stereocenters. The number of pyridine rings is 1. The van der Waals surface area contributed by atoms with Crippen LogP contribution in [0.1, 0.15) is 15.9 Å². The Morgan fingerprint density at radius 1 is 1.09 bits per heavy atom. The van der Waals surface area contributed by atoms with Crippen molar-refractivity contribution in [1.29, 1.82) is 0 Å². The molecule has 2 aromatic heterocycles. The minimum atomic E-state index is -0.630. The van der Waals surface area contributed by atoms with Gasteiger partial charge in [-0.15, -0.1) is 10.2 Å². The van der Waals surface area contributed by atoms with Crippen LogP contribution in [-0.2, 0) is 6.61 Å². The average molecular weight is 467 g/mol. The Bertz CT molecular complexity index is 1600. The molecular formula is C25H17N5O5. The van der Waals surface area contributed by atoms with Gasteiger partial charge in [-0.25, -0.2) is 0 Å². The van der Waals surface area contributed by atoms with Crippen molar-refractivity contribution in [2.45, 2.75) is 6.61 Å². The number of aromatic nitrogens is 2. The number of fused-ring (bicyclic) bond motifs is 2. The lowest BCUT2D eigenvalue weighted by molar-refractivity contribution is -0.384. The van der Waals surface area contributed by atoms with Crippen LogP contribution in [0.15, 0.2) is 89.2 Å². The third kappa shape index (κ3) is 4.40. The maximum Gasteiger partial charge on any atom is 0.295 e. The van der Waals surface area contributed by atoms with E-state index in [0.29, 0.717) is 11.3 Å². The zero-order valence-electron chi connectivity index (χ0n) is 18.1. The molecule has 0 saturated heterocycles. The van der Waals surface area contributed by atoms with Crippen LogP contribution in [0.25, 0.3) is 21.8 Å². The highest BCUT2D eigenvalue weighted by atomic mass is 16.6. The Balaban J connectivity index is 1.30. The van der Waals surface area contributed by atoms with E-state index in [-0.39, 0.29) is 34.8 Å². The van der Waals surface area contributed by atoms with Gasteiger partial charge in [0.1, 0.15) is 17.9 Å². The molecule has 1 amide bonds. The van der Waals surface area contributed by atoms with E-state index in [9.17, 15) is 20.0 Å². The molecule has 0 aliphatic carbocycles. The second-order valence-corrected chi connectivity index (χ2v) is 7.63. The fourth-order valence-electron chi connectivity index (χ4n) is 3.62. The molecule has 5 rings (SSSR count). The van der Waals surface area contributed by atoms with Crippen molar-refractivity contribution in [3.63, 3.8) is 0 Å². The summed E-state index contributed by atoms with van der Waals surface area (Å²) in [6, 6.07) is 20.2. The van der Waals surface area contributed by atoms with Crippen LogP contribution < -0.4 is 4.74 Å². The van der Waals surface area contributed by atoms with Gasteiger partial charge >= 0.3 is 0 Å². The number of carbonyl (C=O) groups excluding carboxylic acids is 1. The van der Waals surface area contributed by atoms with Crippen LogP contribution in [0.5, 0.6) is 11.6 Å². The lowest BCUT2D eigenvalue weighted by atomic mass is 10.1.